The Hall–Kier alpha value is -2.08. The molecule has 0 saturated heterocycles. The summed E-state index contributed by atoms with van der Waals surface area (Å²) in [5.41, 5.74) is 0.843. The molecule has 1 amide bonds. The van der Waals surface area contributed by atoms with E-state index in [1.165, 1.54) is 0 Å². The molecule has 0 aliphatic heterocycles. The van der Waals surface area contributed by atoms with E-state index in [0.717, 1.165) is 13.0 Å². The number of pyridine rings is 1. The second-order valence-electron chi connectivity index (χ2n) is 4.57. The van der Waals surface area contributed by atoms with Gasteiger partial charge in [0.1, 0.15) is 23.0 Å². The van der Waals surface area contributed by atoms with E-state index in [2.05, 4.69) is 27.7 Å². The van der Waals surface area contributed by atoms with Crippen LogP contribution in [0.4, 0.5) is 5.82 Å². The average molecular weight is 309 g/mol. The number of aromatic nitrogens is 2. The molecule has 0 aromatic carbocycles. The van der Waals surface area contributed by atoms with Crippen LogP contribution >= 0.6 is 11.6 Å². The van der Waals surface area contributed by atoms with Crippen molar-refractivity contribution in [1.82, 2.24) is 15.5 Å². The Morgan fingerprint density at radius 3 is 2.90 bits per heavy atom. The van der Waals surface area contributed by atoms with Crippen LogP contribution in [-0.4, -0.2) is 22.6 Å². The van der Waals surface area contributed by atoms with Gasteiger partial charge < -0.3 is 15.2 Å². The molecule has 0 radical (unpaired) electrons. The smallest absolute Gasteiger partial charge is 0.271 e. The molecule has 2 heterocycles. The topological polar surface area (TPSA) is 80.0 Å². The van der Waals surface area contributed by atoms with Gasteiger partial charge in [-0.2, -0.15) is 0 Å². The van der Waals surface area contributed by atoms with Crippen LogP contribution in [0.15, 0.2) is 22.7 Å². The highest BCUT2D eigenvalue weighted by Gasteiger charge is 2.13. The number of rotatable bonds is 6. The van der Waals surface area contributed by atoms with Crippen LogP contribution in [0, 0.1) is 6.92 Å². The van der Waals surface area contributed by atoms with E-state index in [9.17, 15) is 4.79 Å². The van der Waals surface area contributed by atoms with Crippen molar-refractivity contribution in [3.63, 3.8) is 0 Å². The Kier molecular flexibility index (Phi) is 5.16. The van der Waals surface area contributed by atoms with Gasteiger partial charge in [0, 0.05) is 12.6 Å². The van der Waals surface area contributed by atoms with Gasteiger partial charge in [0.05, 0.1) is 11.6 Å². The third-order valence-electron chi connectivity index (χ3n) is 2.72. The zero-order chi connectivity index (χ0) is 15.2. The number of carbonyl (C=O) groups excluding carboxylic acids is 1. The van der Waals surface area contributed by atoms with Crippen LogP contribution in [0.25, 0.3) is 0 Å². The normalized spacial score (nSPS) is 10.4. The lowest BCUT2D eigenvalue weighted by molar-refractivity contribution is 0.0945. The van der Waals surface area contributed by atoms with Crippen LogP contribution in [0.3, 0.4) is 0 Å². The number of amides is 1. The standard InChI is InChI=1S/C14H17ClN4O2/c1-3-6-16-12-5-4-11(15)13(18-12)14(20)17-8-10-7-9(2)21-19-10/h4-5,7H,3,6,8H2,1-2H3,(H,16,18)(H,17,20). The summed E-state index contributed by atoms with van der Waals surface area (Å²) >= 11 is 6.03. The van der Waals surface area contributed by atoms with Crippen molar-refractivity contribution in [2.45, 2.75) is 26.8 Å². The van der Waals surface area contributed by atoms with Gasteiger partial charge in [-0.15, -0.1) is 0 Å². The van der Waals surface area contributed by atoms with Gasteiger partial charge in [0.15, 0.2) is 0 Å². The summed E-state index contributed by atoms with van der Waals surface area (Å²) in [6.45, 7) is 4.89. The fourth-order valence-corrected chi connectivity index (χ4v) is 1.90. The highest BCUT2D eigenvalue weighted by Crippen LogP contribution is 2.17. The van der Waals surface area contributed by atoms with Gasteiger partial charge in [-0.05, 0) is 25.5 Å². The highest BCUT2D eigenvalue weighted by atomic mass is 35.5. The van der Waals surface area contributed by atoms with E-state index < -0.39 is 0 Å². The number of hydrogen-bond acceptors (Lipinski definition) is 5. The molecule has 2 aromatic rings. The molecule has 0 spiro atoms. The zero-order valence-electron chi connectivity index (χ0n) is 11.9. The lowest BCUT2D eigenvalue weighted by Gasteiger charge is -2.08. The average Bonchev–Trinajstić information content (AvgIpc) is 2.89. The molecule has 112 valence electrons. The van der Waals surface area contributed by atoms with Gasteiger partial charge in [-0.1, -0.05) is 23.7 Å². The van der Waals surface area contributed by atoms with Crippen molar-refractivity contribution in [2.75, 3.05) is 11.9 Å². The number of anilines is 1. The molecule has 0 aliphatic rings. The number of aryl methyl sites for hydroxylation is 1. The monoisotopic (exact) mass is 308 g/mol. The maximum Gasteiger partial charge on any atom is 0.271 e. The molecular formula is C14H17ClN4O2. The number of hydrogen-bond donors (Lipinski definition) is 2. The molecule has 6 nitrogen and oxygen atoms in total. The van der Waals surface area contributed by atoms with Crippen LogP contribution in [0.2, 0.25) is 5.02 Å². The van der Waals surface area contributed by atoms with E-state index in [-0.39, 0.29) is 18.1 Å². The van der Waals surface area contributed by atoms with Crippen molar-refractivity contribution in [3.8, 4) is 0 Å². The molecule has 2 rings (SSSR count). The summed E-state index contributed by atoms with van der Waals surface area (Å²) in [5.74, 6) is 0.977. The number of halogens is 1. The first-order chi connectivity index (χ1) is 10.1. The van der Waals surface area contributed by atoms with Gasteiger partial charge in [0.25, 0.3) is 5.91 Å². The largest absolute Gasteiger partial charge is 0.370 e. The molecule has 2 N–H and O–H groups in total. The summed E-state index contributed by atoms with van der Waals surface area (Å²) in [4.78, 5) is 16.4. The molecule has 7 heteroatoms. The predicted molar refractivity (Wildman–Crippen MR) is 80.4 cm³/mol. The summed E-state index contributed by atoms with van der Waals surface area (Å²) in [7, 11) is 0. The van der Waals surface area contributed by atoms with E-state index >= 15 is 0 Å². The second-order valence-corrected chi connectivity index (χ2v) is 4.97. The number of nitrogens with zero attached hydrogens (tertiary/aromatic N) is 2. The minimum absolute atomic E-state index is 0.193. The molecule has 0 atom stereocenters. The predicted octanol–water partition coefficient (Wildman–Crippen LogP) is 2.78. The quantitative estimate of drug-likeness (QED) is 0.857. The van der Waals surface area contributed by atoms with Crippen LogP contribution < -0.4 is 10.6 Å². The lowest BCUT2D eigenvalue weighted by atomic mass is 10.3. The maximum absolute atomic E-state index is 12.1. The Balaban J connectivity index is 2.03. The summed E-state index contributed by atoms with van der Waals surface area (Å²) in [6.07, 6.45) is 0.970. The SMILES string of the molecule is CCCNc1ccc(Cl)c(C(=O)NCc2cc(C)on2)n1. The molecule has 0 saturated carbocycles. The first kappa shape index (κ1) is 15.3. The van der Waals surface area contributed by atoms with Gasteiger partial charge in [-0.25, -0.2) is 4.98 Å². The minimum atomic E-state index is -0.346. The first-order valence-electron chi connectivity index (χ1n) is 6.71. The molecule has 0 unspecified atom stereocenters. The van der Waals surface area contributed by atoms with Crippen LogP contribution in [0.1, 0.15) is 35.3 Å². The lowest BCUT2D eigenvalue weighted by Crippen LogP contribution is -2.24. The summed E-state index contributed by atoms with van der Waals surface area (Å²) in [6, 6.07) is 5.16. The molecule has 2 aromatic heterocycles. The van der Waals surface area contributed by atoms with Crippen molar-refractivity contribution >= 4 is 23.3 Å². The zero-order valence-corrected chi connectivity index (χ0v) is 12.7. The van der Waals surface area contributed by atoms with Crippen molar-refractivity contribution in [1.29, 1.82) is 0 Å². The summed E-state index contributed by atoms with van der Waals surface area (Å²) in [5, 5.41) is 9.95. The van der Waals surface area contributed by atoms with Crippen molar-refractivity contribution < 1.29 is 9.32 Å². The molecule has 21 heavy (non-hydrogen) atoms. The molecule has 0 fully saturated rings. The third-order valence-corrected chi connectivity index (χ3v) is 3.03. The van der Waals surface area contributed by atoms with Gasteiger partial charge >= 0.3 is 0 Å². The summed E-state index contributed by atoms with van der Waals surface area (Å²) < 4.78 is 4.94. The Morgan fingerprint density at radius 1 is 1.43 bits per heavy atom. The molecule has 0 aliphatic carbocycles. The number of nitrogens with one attached hydrogen (secondary N) is 2. The molecular weight excluding hydrogens is 292 g/mol. The van der Waals surface area contributed by atoms with E-state index in [4.69, 9.17) is 16.1 Å². The second kappa shape index (κ2) is 7.08. The van der Waals surface area contributed by atoms with Crippen molar-refractivity contribution in [3.05, 3.63) is 40.4 Å². The van der Waals surface area contributed by atoms with Crippen LogP contribution in [0.5, 0.6) is 0 Å². The van der Waals surface area contributed by atoms with E-state index in [1.807, 2.05) is 0 Å². The van der Waals surface area contributed by atoms with E-state index in [1.54, 1.807) is 25.1 Å². The number of carbonyl (C=O) groups is 1. The van der Waals surface area contributed by atoms with E-state index in [0.29, 0.717) is 22.3 Å². The maximum atomic E-state index is 12.1. The highest BCUT2D eigenvalue weighted by molar-refractivity contribution is 6.33. The van der Waals surface area contributed by atoms with Crippen LogP contribution in [-0.2, 0) is 6.54 Å². The first-order valence-corrected chi connectivity index (χ1v) is 7.08. The fraction of sp³-hybridized carbons (Fsp3) is 0.357. The third kappa shape index (κ3) is 4.19. The fourth-order valence-electron chi connectivity index (χ4n) is 1.71. The van der Waals surface area contributed by atoms with Gasteiger partial charge in [0.2, 0.25) is 0 Å². The Bertz CT molecular complexity index is 627. The molecule has 0 bridgehead atoms. The van der Waals surface area contributed by atoms with Gasteiger partial charge in [-0.3, -0.25) is 4.79 Å². The minimum Gasteiger partial charge on any atom is -0.370 e. The Morgan fingerprint density at radius 2 is 2.24 bits per heavy atom. The Labute approximate surface area is 127 Å². The van der Waals surface area contributed by atoms with Crippen molar-refractivity contribution in [2.24, 2.45) is 0 Å².